The highest BCUT2D eigenvalue weighted by atomic mass is 127. The number of carbonyl (C=O) groups excluding carboxylic acids is 1. The van der Waals surface area contributed by atoms with Crippen LogP contribution in [0.1, 0.15) is 24.2 Å². The van der Waals surface area contributed by atoms with Gasteiger partial charge in [-0.3, -0.25) is 9.63 Å². The van der Waals surface area contributed by atoms with E-state index in [2.05, 4.69) is 5.48 Å². The summed E-state index contributed by atoms with van der Waals surface area (Å²) in [6.07, 6.45) is 0. The van der Waals surface area contributed by atoms with Crippen molar-refractivity contribution in [2.24, 2.45) is 5.92 Å². The molecule has 0 spiro atoms. The summed E-state index contributed by atoms with van der Waals surface area (Å²) in [6, 6.07) is 3.99. The van der Waals surface area contributed by atoms with Gasteiger partial charge in [-0.25, -0.2) is 9.87 Å². The lowest BCUT2D eigenvalue weighted by Gasteiger charge is -2.08. The molecule has 0 aromatic heterocycles. The van der Waals surface area contributed by atoms with Gasteiger partial charge < -0.3 is 0 Å². The Kier molecular flexibility index (Phi) is 5.14. The summed E-state index contributed by atoms with van der Waals surface area (Å²) in [4.78, 5) is 16.6. The molecule has 0 aliphatic rings. The highest BCUT2D eigenvalue weighted by Crippen LogP contribution is 2.13. The van der Waals surface area contributed by atoms with Crippen molar-refractivity contribution >= 4 is 28.5 Å². The molecule has 1 rings (SSSR count). The van der Waals surface area contributed by atoms with Crippen LogP contribution in [0.15, 0.2) is 18.2 Å². The Bertz CT molecular complexity index is 382. The molecule has 0 saturated carbocycles. The van der Waals surface area contributed by atoms with E-state index in [0.717, 1.165) is 0 Å². The first-order valence-electron chi connectivity index (χ1n) is 4.88. The quantitative estimate of drug-likeness (QED) is 0.678. The van der Waals surface area contributed by atoms with E-state index in [1.807, 2.05) is 36.4 Å². The van der Waals surface area contributed by atoms with Gasteiger partial charge in [-0.2, -0.15) is 0 Å². The van der Waals surface area contributed by atoms with E-state index in [1.165, 1.54) is 18.2 Å². The van der Waals surface area contributed by atoms with Gasteiger partial charge in [0.25, 0.3) is 5.91 Å². The van der Waals surface area contributed by atoms with Gasteiger partial charge in [-0.1, -0.05) is 13.8 Å². The van der Waals surface area contributed by atoms with E-state index in [9.17, 15) is 9.18 Å². The van der Waals surface area contributed by atoms with Crippen LogP contribution in [0, 0.1) is 15.3 Å². The first-order chi connectivity index (χ1) is 7.50. The van der Waals surface area contributed by atoms with Crippen molar-refractivity contribution in [2.75, 3.05) is 6.61 Å². The van der Waals surface area contributed by atoms with Crippen molar-refractivity contribution in [1.29, 1.82) is 0 Å². The molecule has 1 N–H and O–H groups in total. The van der Waals surface area contributed by atoms with Crippen LogP contribution in [0.5, 0.6) is 0 Å². The highest BCUT2D eigenvalue weighted by Gasteiger charge is 2.10. The Morgan fingerprint density at radius 1 is 1.56 bits per heavy atom. The van der Waals surface area contributed by atoms with Gasteiger partial charge in [-0.15, -0.1) is 0 Å². The number of carbonyl (C=O) groups is 1. The molecule has 5 heteroatoms. The first-order valence-corrected chi connectivity index (χ1v) is 5.95. The molecule has 1 aromatic carbocycles. The minimum atomic E-state index is -0.357. The largest absolute Gasteiger partial charge is 0.275 e. The highest BCUT2D eigenvalue weighted by molar-refractivity contribution is 14.1. The van der Waals surface area contributed by atoms with Crippen LogP contribution in [0.3, 0.4) is 0 Å². The summed E-state index contributed by atoms with van der Waals surface area (Å²) in [5.74, 6) is -0.373. The summed E-state index contributed by atoms with van der Waals surface area (Å²) >= 11 is 1.91. The zero-order chi connectivity index (χ0) is 12.1. The Balaban J connectivity index is 2.59. The molecule has 0 heterocycles. The molecule has 0 bridgehead atoms. The predicted molar refractivity (Wildman–Crippen MR) is 67.4 cm³/mol. The second-order valence-corrected chi connectivity index (χ2v) is 4.92. The number of benzene rings is 1. The number of hydrogen-bond acceptors (Lipinski definition) is 2. The predicted octanol–water partition coefficient (Wildman–Crippen LogP) is 2.75. The molecular formula is C11H13FINO2. The molecule has 1 amide bonds. The van der Waals surface area contributed by atoms with Crippen molar-refractivity contribution in [2.45, 2.75) is 13.8 Å². The summed E-state index contributed by atoms with van der Waals surface area (Å²) in [7, 11) is 0. The molecule has 0 aliphatic carbocycles. The van der Waals surface area contributed by atoms with Crippen LogP contribution in [0.2, 0.25) is 0 Å². The minimum absolute atomic E-state index is 0.340. The Hall–Kier alpha value is -0.690. The van der Waals surface area contributed by atoms with Crippen molar-refractivity contribution in [3.05, 3.63) is 33.1 Å². The lowest BCUT2D eigenvalue weighted by atomic mass is 10.2. The van der Waals surface area contributed by atoms with Crippen LogP contribution in [-0.2, 0) is 4.84 Å². The topological polar surface area (TPSA) is 38.3 Å². The molecule has 88 valence electrons. The zero-order valence-corrected chi connectivity index (χ0v) is 11.2. The van der Waals surface area contributed by atoms with E-state index >= 15 is 0 Å². The van der Waals surface area contributed by atoms with Crippen LogP contribution in [-0.4, -0.2) is 12.5 Å². The second-order valence-electron chi connectivity index (χ2n) is 3.76. The van der Waals surface area contributed by atoms with Crippen molar-refractivity contribution in [3.8, 4) is 0 Å². The monoisotopic (exact) mass is 337 g/mol. The van der Waals surface area contributed by atoms with Crippen LogP contribution >= 0.6 is 22.6 Å². The third kappa shape index (κ3) is 4.05. The molecule has 0 fully saturated rings. The van der Waals surface area contributed by atoms with Crippen molar-refractivity contribution in [3.63, 3.8) is 0 Å². The average molecular weight is 337 g/mol. The van der Waals surface area contributed by atoms with Gasteiger partial charge in [0.15, 0.2) is 0 Å². The molecule has 0 aliphatic heterocycles. The zero-order valence-electron chi connectivity index (χ0n) is 9.09. The van der Waals surface area contributed by atoms with E-state index < -0.39 is 0 Å². The van der Waals surface area contributed by atoms with Crippen molar-refractivity contribution < 1.29 is 14.0 Å². The molecule has 0 atom stereocenters. The third-order valence-corrected chi connectivity index (χ3v) is 2.65. The summed E-state index contributed by atoms with van der Waals surface area (Å²) < 4.78 is 13.4. The number of hydroxylamine groups is 1. The van der Waals surface area contributed by atoms with E-state index in [1.54, 1.807) is 0 Å². The molecule has 0 unspecified atom stereocenters. The number of hydrogen-bond donors (Lipinski definition) is 1. The van der Waals surface area contributed by atoms with Gasteiger partial charge in [0, 0.05) is 3.57 Å². The maximum Gasteiger partial charge on any atom is 0.275 e. The summed E-state index contributed by atoms with van der Waals surface area (Å²) in [5.41, 5.74) is 2.73. The smallest absolute Gasteiger partial charge is 0.273 e. The van der Waals surface area contributed by atoms with Crippen LogP contribution in [0.25, 0.3) is 0 Å². The van der Waals surface area contributed by atoms with Gasteiger partial charge in [0.2, 0.25) is 0 Å². The van der Waals surface area contributed by atoms with E-state index in [0.29, 0.717) is 21.7 Å². The lowest BCUT2D eigenvalue weighted by molar-refractivity contribution is 0.0208. The molecule has 0 saturated heterocycles. The standard InChI is InChI=1S/C11H13FINO2/c1-7(2)6-16-14-11(15)9-4-3-8(12)5-10(9)13/h3-5,7H,6H2,1-2H3,(H,14,15). The summed E-state index contributed by atoms with van der Waals surface area (Å²) in [5, 5.41) is 0. The van der Waals surface area contributed by atoms with Crippen molar-refractivity contribution in [1.82, 2.24) is 5.48 Å². The average Bonchev–Trinajstić information content (AvgIpc) is 2.16. The Labute approximate surface area is 107 Å². The van der Waals surface area contributed by atoms with Gasteiger partial charge >= 0.3 is 0 Å². The molecule has 3 nitrogen and oxygen atoms in total. The maximum atomic E-state index is 12.8. The fraction of sp³-hybridized carbons (Fsp3) is 0.364. The van der Waals surface area contributed by atoms with Crippen LogP contribution < -0.4 is 5.48 Å². The lowest BCUT2D eigenvalue weighted by Crippen LogP contribution is -2.26. The van der Waals surface area contributed by atoms with E-state index in [4.69, 9.17) is 4.84 Å². The minimum Gasteiger partial charge on any atom is -0.273 e. The maximum absolute atomic E-state index is 12.8. The fourth-order valence-corrected chi connectivity index (χ4v) is 1.72. The fourth-order valence-electron chi connectivity index (χ4n) is 1.00. The number of rotatable bonds is 4. The molecule has 0 radical (unpaired) electrons. The normalized spacial score (nSPS) is 10.6. The third-order valence-electron chi connectivity index (χ3n) is 1.76. The molecular weight excluding hydrogens is 324 g/mol. The molecule has 16 heavy (non-hydrogen) atoms. The summed E-state index contributed by atoms with van der Waals surface area (Å²) in [6.45, 7) is 4.41. The van der Waals surface area contributed by atoms with Gasteiger partial charge in [0.05, 0.1) is 12.2 Å². The SMILES string of the molecule is CC(C)CONC(=O)c1ccc(F)cc1I. The van der Waals surface area contributed by atoms with E-state index in [-0.39, 0.29) is 11.7 Å². The van der Waals surface area contributed by atoms with Crippen LogP contribution in [0.4, 0.5) is 4.39 Å². The molecule has 1 aromatic rings. The Morgan fingerprint density at radius 2 is 2.25 bits per heavy atom. The number of amides is 1. The number of nitrogens with one attached hydrogen (secondary N) is 1. The Morgan fingerprint density at radius 3 is 2.81 bits per heavy atom. The first kappa shape index (κ1) is 13.4. The second kappa shape index (κ2) is 6.15. The van der Waals surface area contributed by atoms with Gasteiger partial charge in [0.1, 0.15) is 5.82 Å². The van der Waals surface area contributed by atoms with Gasteiger partial charge in [-0.05, 0) is 46.7 Å². The number of halogens is 2.